The van der Waals surface area contributed by atoms with Gasteiger partial charge in [0.1, 0.15) is 12.1 Å². The standard InChI is InChI=1S/C16H20N4/c1-2-6-13-12(5-1)16(18-11-17-13)19-14-8-10-20-9-4-3-7-15(14)20/h1-2,5-6,11,14-15H,3-4,7-10H2,(H,17,18,19). The highest BCUT2D eigenvalue weighted by molar-refractivity contribution is 5.88. The van der Waals surface area contributed by atoms with Gasteiger partial charge >= 0.3 is 0 Å². The summed E-state index contributed by atoms with van der Waals surface area (Å²) in [6, 6.07) is 9.46. The lowest BCUT2D eigenvalue weighted by Crippen LogP contribution is -2.41. The van der Waals surface area contributed by atoms with E-state index in [1.807, 2.05) is 12.1 Å². The first kappa shape index (κ1) is 12.1. The highest BCUT2D eigenvalue weighted by atomic mass is 15.2. The maximum atomic E-state index is 4.47. The van der Waals surface area contributed by atoms with Crippen LogP contribution in [0.25, 0.3) is 10.9 Å². The summed E-state index contributed by atoms with van der Waals surface area (Å²) in [5.41, 5.74) is 1.02. The lowest BCUT2D eigenvalue weighted by molar-refractivity contribution is 0.192. The molecule has 104 valence electrons. The molecule has 4 rings (SSSR count). The molecule has 0 amide bonds. The van der Waals surface area contributed by atoms with Crippen LogP contribution in [0.3, 0.4) is 0 Å². The minimum Gasteiger partial charge on any atom is -0.365 e. The van der Waals surface area contributed by atoms with E-state index in [4.69, 9.17) is 0 Å². The Morgan fingerprint density at radius 1 is 1.05 bits per heavy atom. The van der Waals surface area contributed by atoms with Gasteiger partial charge in [0.25, 0.3) is 0 Å². The lowest BCUT2D eigenvalue weighted by atomic mass is 9.99. The van der Waals surface area contributed by atoms with Gasteiger partial charge in [-0.1, -0.05) is 18.6 Å². The third kappa shape index (κ3) is 2.04. The molecule has 20 heavy (non-hydrogen) atoms. The van der Waals surface area contributed by atoms with E-state index in [2.05, 4.69) is 32.3 Å². The van der Waals surface area contributed by atoms with E-state index in [-0.39, 0.29) is 0 Å². The zero-order valence-corrected chi connectivity index (χ0v) is 11.6. The fourth-order valence-corrected chi connectivity index (χ4v) is 3.71. The molecule has 0 radical (unpaired) electrons. The number of rotatable bonds is 2. The molecule has 1 aromatic carbocycles. The van der Waals surface area contributed by atoms with Gasteiger partial charge in [-0.3, -0.25) is 4.90 Å². The molecule has 2 atom stereocenters. The Kier molecular flexibility index (Phi) is 3.03. The topological polar surface area (TPSA) is 41.0 Å². The van der Waals surface area contributed by atoms with Crippen LogP contribution in [0.15, 0.2) is 30.6 Å². The second-order valence-corrected chi connectivity index (χ2v) is 5.88. The number of hydrogen-bond acceptors (Lipinski definition) is 4. The molecule has 1 aromatic heterocycles. The molecule has 0 spiro atoms. The molecule has 0 saturated carbocycles. The summed E-state index contributed by atoms with van der Waals surface area (Å²) in [6.45, 7) is 2.50. The monoisotopic (exact) mass is 268 g/mol. The summed E-state index contributed by atoms with van der Waals surface area (Å²) in [5.74, 6) is 0.994. The van der Waals surface area contributed by atoms with E-state index in [1.165, 1.54) is 38.8 Å². The van der Waals surface area contributed by atoms with Gasteiger partial charge in [-0.15, -0.1) is 0 Å². The Morgan fingerprint density at radius 2 is 2.00 bits per heavy atom. The van der Waals surface area contributed by atoms with E-state index in [0.29, 0.717) is 12.1 Å². The van der Waals surface area contributed by atoms with E-state index >= 15 is 0 Å². The normalized spacial score (nSPS) is 26.6. The molecule has 2 aliphatic heterocycles. The molecule has 2 fully saturated rings. The number of hydrogen-bond donors (Lipinski definition) is 1. The smallest absolute Gasteiger partial charge is 0.137 e. The molecule has 2 saturated heterocycles. The molecular formula is C16H20N4. The fraction of sp³-hybridized carbons (Fsp3) is 0.500. The van der Waals surface area contributed by atoms with Crippen molar-refractivity contribution in [3.8, 4) is 0 Å². The summed E-state index contributed by atoms with van der Waals surface area (Å²) in [4.78, 5) is 11.4. The number of fused-ring (bicyclic) bond motifs is 2. The van der Waals surface area contributed by atoms with Crippen LogP contribution in [0.5, 0.6) is 0 Å². The zero-order chi connectivity index (χ0) is 13.4. The van der Waals surface area contributed by atoms with Gasteiger partial charge in [0, 0.05) is 24.0 Å². The number of nitrogens with one attached hydrogen (secondary N) is 1. The van der Waals surface area contributed by atoms with Gasteiger partial charge in [0.2, 0.25) is 0 Å². The predicted molar refractivity (Wildman–Crippen MR) is 80.8 cm³/mol. The Bertz CT molecular complexity index is 607. The summed E-state index contributed by atoms with van der Waals surface area (Å²) < 4.78 is 0. The van der Waals surface area contributed by atoms with Crippen LogP contribution in [0.1, 0.15) is 25.7 Å². The van der Waals surface area contributed by atoms with Crippen molar-refractivity contribution in [3.63, 3.8) is 0 Å². The van der Waals surface area contributed by atoms with Crippen molar-refractivity contribution >= 4 is 16.7 Å². The number of benzene rings is 1. The first-order chi connectivity index (χ1) is 9.92. The SMILES string of the molecule is c1ccc2c(NC3CCN4CCCCC34)ncnc2c1. The molecular weight excluding hydrogens is 248 g/mol. The van der Waals surface area contributed by atoms with Crippen LogP contribution < -0.4 is 5.32 Å². The second-order valence-electron chi connectivity index (χ2n) is 5.88. The first-order valence-corrected chi connectivity index (χ1v) is 7.62. The van der Waals surface area contributed by atoms with Crippen LogP contribution in [0.2, 0.25) is 0 Å². The van der Waals surface area contributed by atoms with Gasteiger partial charge < -0.3 is 5.32 Å². The van der Waals surface area contributed by atoms with Crippen molar-refractivity contribution in [1.82, 2.24) is 14.9 Å². The van der Waals surface area contributed by atoms with Crippen molar-refractivity contribution in [2.24, 2.45) is 0 Å². The number of aromatic nitrogens is 2. The Morgan fingerprint density at radius 3 is 3.00 bits per heavy atom. The highest BCUT2D eigenvalue weighted by Gasteiger charge is 2.35. The van der Waals surface area contributed by atoms with Crippen LogP contribution >= 0.6 is 0 Å². The number of piperidine rings is 1. The molecule has 2 aromatic rings. The second kappa shape index (κ2) is 5.02. The maximum absolute atomic E-state index is 4.47. The van der Waals surface area contributed by atoms with Gasteiger partial charge in [-0.2, -0.15) is 0 Å². The largest absolute Gasteiger partial charge is 0.365 e. The van der Waals surface area contributed by atoms with Crippen LogP contribution in [0, 0.1) is 0 Å². The number of anilines is 1. The first-order valence-electron chi connectivity index (χ1n) is 7.62. The van der Waals surface area contributed by atoms with Crippen molar-refractivity contribution in [2.45, 2.75) is 37.8 Å². The average molecular weight is 268 g/mol. The van der Waals surface area contributed by atoms with Gasteiger partial charge in [0.05, 0.1) is 5.52 Å². The molecule has 4 nitrogen and oxygen atoms in total. The Hall–Kier alpha value is -1.68. The molecule has 4 heteroatoms. The molecule has 0 bridgehead atoms. The van der Waals surface area contributed by atoms with E-state index in [9.17, 15) is 0 Å². The van der Waals surface area contributed by atoms with Crippen molar-refractivity contribution in [3.05, 3.63) is 30.6 Å². The highest BCUT2D eigenvalue weighted by Crippen LogP contribution is 2.30. The molecule has 2 aliphatic rings. The average Bonchev–Trinajstić information content (AvgIpc) is 2.91. The van der Waals surface area contributed by atoms with E-state index in [1.54, 1.807) is 6.33 Å². The summed E-state index contributed by atoms with van der Waals surface area (Å²) in [6.07, 6.45) is 6.94. The summed E-state index contributed by atoms with van der Waals surface area (Å²) in [7, 11) is 0. The Balaban J connectivity index is 1.61. The van der Waals surface area contributed by atoms with Gasteiger partial charge in [-0.05, 0) is 37.9 Å². The van der Waals surface area contributed by atoms with Crippen molar-refractivity contribution in [2.75, 3.05) is 18.4 Å². The minimum absolute atomic E-state index is 0.536. The third-order valence-corrected chi connectivity index (χ3v) is 4.72. The predicted octanol–water partition coefficient (Wildman–Crippen LogP) is 2.67. The molecule has 3 heterocycles. The quantitative estimate of drug-likeness (QED) is 0.909. The van der Waals surface area contributed by atoms with Crippen LogP contribution in [-0.4, -0.2) is 40.0 Å². The zero-order valence-electron chi connectivity index (χ0n) is 11.6. The minimum atomic E-state index is 0.536. The van der Waals surface area contributed by atoms with E-state index in [0.717, 1.165) is 16.7 Å². The van der Waals surface area contributed by atoms with Gasteiger partial charge in [-0.25, -0.2) is 9.97 Å². The molecule has 2 unspecified atom stereocenters. The fourth-order valence-electron chi connectivity index (χ4n) is 3.71. The third-order valence-electron chi connectivity index (χ3n) is 4.72. The summed E-state index contributed by atoms with van der Waals surface area (Å²) >= 11 is 0. The maximum Gasteiger partial charge on any atom is 0.137 e. The molecule has 1 N–H and O–H groups in total. The van der Waals surface area contributed by atoms with Crippen molar-refractivity contribution in [1.29, 1.82) is 0 Å². The number of para-hydroxylation sites is 1. The molecule has 0 aliphatic carbocycles. The van der Waals surface area contributed by atoms with E-state index < -0.39 is 0 Å². The van der Waals surface area contributed by atoms with Gasteiger partial charge in [0.15, 0.2) is 0 Å². The van der Waals surface area contributed by atoms with Crippen LogP contribution in [-0.2, 0) is 0 Å². The Labute approximate surface area is 119 Å². The van der Waals surface area contributed by atoms with Crippen LogP contribution in [0.4, 0.5) is 5.82 Å². The lowest BCUT2D eigenvalue weighted by Gasteiger charge is -2.32. The van der Waals surface area contributed by atoms with Crippen molar-refractivity contribution < 1.29 is 0 Å². The number of nitrogens with zero attached hydrogens (tertiary/aromatic N) is 3. The summed E-state index contributed by atoms with van der Waals surface area (Å²) in [5, 5.41) is 4.82.